The maximum absolute atomic E-state index is 11.5. The molecule has 2 rings (SSSR count). The van der Waals surface area contributed by atoms with Gasteiger partial charge in [0.1, 0.15) is 0 Å². The van der Waals surface area contributed by atoms with Crippen LogP contribution < -0.4 is 5.32 Å². The van der Waals surface area contributed by atoms with Crippen LogP contribution in [-0.4, -0.2) is 32.7 Å². The molecule has 0 aliphatic rings. The quantitative estimate of drug-likeness (QED) is 0.824. The minimum Gasteiger partial charge on any atom is -0.356 e. The number of amides is 1. The van der Waals surface area contributed by atoms with Crippen LogP contribution in [0.5, 0.6) is 0 Å². The van der Waals surface area contributed by atoms with E-state index >= 15 is 0 Å². The summed E-state index contributed by atoms with van der Waals surface area (Å²) in [7, 11) is 0. The van der Waals surface area contributed by atoms with Gasteiger partial charge < -0.3 is 5.32 Å². The van der Waals surface area contributed by atoms with E-state index in [2.05, 4.69) is 33.0 Å². The van der Waals surface area contributed by atoms with Crippen LogP contribution in [0.2, 0.25) is 0 Å². The third kappa shape index (κ3) is 3.87. The molecule has 1 aromatic heterocycles. The molecule has 0 atom stereocenters. The molecule has 2 aromatic rings. The van der Waals surface area contributed by atoms with E-state index in [-0.39, 0.29) is 12.3 Å². The second kappa shape index (κ2) is 6.63. The van der Waals surface area contributed by atoms with Gasteiger partial charge >= 0.3 is 0 Å². The third-order valence-electron chi connectivity index (χ3n) is 2.75. The number of rotatable bonds is 6. The summed E-state index contributed by atoms with van der Waals surface area (Å²) < 4.78 is 1.68. The summed E-state index contributed by atoms with van der Waals surface area (Å²) >= 11 is 0. The summed E-state index contributed by atoms with van der Waals surface area (Å²) in [6, 6.07) is 10.1. The fourth-order valence-corrected chi connectivity index (χ4v) is 1.81. The summed E-state index contributed by atoms with van der Waals surface area (Å²) in [6.07, 6.45) is 1.06. The molecule has 6 nitrogen and oxygen atoms in total. The molecular formula is C13H17N5O. The van der Waals surface area contributed by atoms with Crippen molar-refractivity contribution in [2.75, 3.05) is 6.54 Å². The van der Waals surface area contributed by atoms with Crippen LogP contribution in [0.15, 0.2) is 30.3 Å². The van der Waals surface area contributed by atoms with Gasteiger partial charge in [0.2, 0.25) is 5.91 Å². The summed E-state index contributed by atoms with van der Waals surface area (Å²) in [6.45, 7) is 3.17. The number of carbonyl (C=O) groups excluding carboxylic acids is 1. The number of aromatic nitrogens is 4. The SMILES string of the molecule is CCNC(=O)Cc1nnnn1CCc1ccccc1. The predicted molar refractivity (Wildman–Crippen MR) is 70.4 cm³/mol. The number of hydrogen-bond acceptors (Lipinski definition) is 4. The van der Waals surface area contributed by atoms with Crippen molar-refractivity contribution in [3.05, 3.63) is 41.7 Å². The number of nitrogens with one attached hydrogen (secondary N) is 1. The second-order valence-electron chi connectivity index (χ2n) is 4.18. The minimum absolute atomic E-state index is 0.0572. The summed E-state index contributed by atoms with van der Waals surface area (Å²) in [5, 5.41) is 14.2. The molecule has 0 unspecified atom stereocenters. The highest BCUT2D eigenvalue weighted by Crippen LogP contribution is 2.02. The molecule has 0 aliphatic carbocycles. The maximum Gasteiger partial charge on any atom is 0.227 e. The molecule has 1 heterocycles. The van der Waals surface area contributed by atoms with Crippen LogP contribution in [-0.2, 0) is 24.2 Å². The fraction of sp³-hybridized carbons (Fsp3) is 0.385. The van der Waals surface area contributed by atoms with Gasteiger partial charge in [-0.2, -0.15) is 0 Å². The summed E-state index contributed by atoms with van der Waals surface area (Å²) in [4.78, 5) is 11.5. The summed E-state index contributed by atoms with van der Waals surface area (Å²) in [5.41, 5.74) is 1.22. The first-order chi connectivity index (χ1) is 9.29. The zero-order valence-electron chi connectivity index (χ0n) is 10.9. The Morgan fingerprint density at radius 2 is 2.11 bits per heavy atom. The molecular weight excluding hydrogens is 242 g/mol. The van der Waals surface area contributed by atoms with E-state index in [0.29, 0.717) is 18.9 Å². The Kier molecular flexibility index (Phi) is 4.60. The molecule has 1 N–H and O–H groups in total. The van der Waals surface area contributed by atoms with E-state index < -0.39 is 0 Å². The lowest BCUT2D eigenvalue weighted by molar-refractivity contribution is -0.120. The van der Waals surface area contributed by atoms with Gasteiger partial charge in [0.25, 0.3) is 0 Å². The van der Waals surface area contributed by atoms with Crippen molar-refractivity contribution < 1.29 is 4.79 Å². The molecule has 100 valence electrons. The van der Waals surface area contributed by atoms with E-state index in [1.807, 2.05) is 25.1 Å². The van der Waals surface area contributed by atoms with Crippen molar-refractivity contribution in [2.24, 2.45) is 0 Å². The average molecular weight is 259 g/mol. The normalized spacial score (nSPS) is 10.4. The van der Waals surface area contributed by atoms with E-state index in [9.17, 15) is 4.79 Å². The zero-order chi connectivity index (χ0) is 13.5. The molecule has 0 radical (unpaired) electrons. The van der Waals surface area contributed by atoms with Gasteiger partial charge in [0.05, 0.1) is 6.42 Å². The molecule has 19 heavy (non-hydrogen) atoms. The van der Waals surface area contributed by atoms with Crippen molar-refractivity contribution in [1.29, 1.82) is 0 Å². The maximum atomic E-state index is 11.5. The van der Waals surface area contributed by atoms with Crippen molar-refractivity contribution in [3.8, 4) is 0 Å². The minimum atomic E-state index is -0.0572. The standard InChI is InChI=1S/C13H17N5O/c1-2-14-13(19)10-12-15-16-17-18(12)9-8-11-6-4-3-5-7-11/h3-7H,2,8-10H2,1H3,(H,14,19). The Hall–Kier alpha value is -2.24. The highest BCUT2D eigenvalue weighted by Gasteiger charge is 2.10. The van der Waals surface area contributed by atoms with Gasteiger partial charge in [-0.3, -0.25) is 4.79 Å². The van der Waals surface area contributed by atoms with Crippen LogP contribution in [0.1, 0.15) is 18.3 Å². The Balaban J connectivity index is 1.94. The van der Waals surface area contributed by atoms with Crippen LogP contribution in [0.3, 0.4) is 0 Å². The van der Waals surface area contributed by atoms with E-state index in [1.54, 1.807) is 4.68 Å². The molecule has 1 aromatic carbocycles. The lowest BCUT2D eigenvalue weighted by atomic mass is 10.1. The van der Waals surface area contributed by atoms with E-state index in [4.69, 9.17) is 0 Å². The topological polar surface area (TPSA) is 72.7 Å². The molecule has 0 fully saturated rings. The number of carbonyl (C=O) groups is 1. The van der Waals surface area contributed by atoms with Gasteiger partial charge in [-0.1, -0.05) is 30.3 Å². The molecule has 0 spiro atoms. The number of aryl methyl sites for hydroxylation is 2. The van der Waals surface area contributed by atoms with Crippen molar-refractivity contribution in [1.82, 2.24) is 25.5 Å². The molecule has 1 amide bonds. The van der Waals surface area contributed by atoms with E-state index in [0.717, 1.165) is 6.42 Å². The fourth-order valence-electron chi connectivity index (χ4n) is 1.81. The number of nitrogens with zero attached hydrogens (tertiary/aromatic N) is 4. The molecule has 0 bridgehead atoms. The molecule has 0 saturated heterocycles. The number of benzene rings is 1. The van der Waals surface area contributed by atoms with Crippen molar-refractivity contribution in [3.63, 3.8) is 0 Å². The Morgan fingerprint density at radius 3 is 2.84 bits per heavy atom. The first kappa shape index (κ1) is 13.2. The van der Waals surface area contributed by atoms with E-state index in [1.165, 1.54) is 5.56 Å². The summed E-state index contributed by atoms with van der Waals surface area (Å²) in [5.74, 6) is 0.542. The number of likely N-dealkylation sites (N-methyl/N-ethyl adjacent to an activating group) is 1. The van der Waals surface area contributed by atoms with Crippen molar-refractivity contribution >= 4 is 5.91 Å². The lowest BCUT2D eigenvalue weighted by Crippen LogP contribution is -2.26. The lowest BCUT2D eigenvalue weighted by Gasteiger charge is -2.05. The predicted octanol–water partition coefficient (Wildman–Crippen LogP) is 0.594. The van der Waals surface area contributed by atoms with Crippen LogP contribution in [0, 0.1) is 0 Å². The van der Waals surface area contributed by atoms with Crippen LogP contribution in [0.25, 0.3) is 0 Å². The Morgan fingerprint density at radius 1 is 1.32 bits per heavy atom. The second-order valence-corrected chi connectivity index (χ2v) is 4.18. The first-order valence-corrected chi connectivity index (χ1v) is 6.35. The van der Waals surface area contributed by atoms with Gasteiger partial charge in [-0.05, 0) is 29.3 Å². The van der Waals surface area contributed by atoms with Crippen LogP contribution in [0.4, 0.5) is 0 Å². The van der Waals surface area contributed by atoms with Gasteiger partial charge in [0.15, 0.2) is 5.82 Å². The van der Waals surface area contributed by atoms with Gasteiger partial charge in [-0.15, -0.1) is 5.10 Å². The monoisotopic (exact) mass is 259 g/mol. The van der Waals surface area contributed by atoms with Gasteiger partial charge in [-0.25, -0.2) is 4.68 Å². The Labute approximate surface area is 111 Å². The molecule has 6 heteroatoms. The average Bonchev–Trinajstić information content (AvgIpc) is 2.85. The highest BCUT2D eigenvalue weighted by atomic mass is 16.1. The highest BCUT2D eigenvalue weighted by molar-refractivity contribution is 5.77. The molecule has 0 saturated carbocycles. The smallest absolute Gasteiger partial charge is 0.227 e. The van der Waals surface area contributed by atoms with Crippen molar-refractivity contribution in [2.45, 2.75) is 26.3 Å². The Bertz CT molecular complexity index is 523. The largest absolute Gasteiger partial charge is 0.356 e. The molecule has 0 aliphatic heterocycles. The number of hydrogen-bond donors (Lipinski definition) is 1. The van der Waals surface area contributed by atoms with Crippen LogP contribution >= 0.6 is 0 Å². The zero-order valence-corrected chi connectivity index (χ0v) is 10.9. The first-order valence-electron chi connectivity index (χ1n) is 6.35. The van der Waals surface area contributed by atoms with Gasteiger partial charge in [0, 0.05) is 13.1 Å². The number of tetrazole rings is 1. The third-order valence-corrected chi connectivity index (χ3v) is 2.75.